The summed E-state index contributed by atoms with van der Waals surface area (Å²) in [5, 5.41) is 23.2. The Kier molecular flexibility index (Phi) is 57.0. The molecule has 0 aromatic heterocycles. The highest BCUT2D eigenvalue weighted by Gasteiger charge is 2.18. The van der Waals surface area contributed by atoms with Crippen LogP contribution in [0.5, 0.6) is 0 Å². The van der Waals surface area contributed by atoms with Crippen molar-refractivity contribution in [2.24, 2.45) is 0 Å². The van der Waals surface area contributed by atoms with E-state index in [2.05, 4.69) is 43.5 Å². The highest BCUT2D eigenvalue weighted by molar-refractivity contribution is 5.76. The summed E-state index contributed by atoms with van der Waals surface area (Å²) in [4.78, 5) is 24.6. The van der Waals surface area contributed by atoms with Crippen molar-refractivity contribution in [1.82, 2.24) is 5.32 Å². The summed E-state index contributed by atoms with van der Waals surface area (Å²) >= 11 is 0. The number of nitrogens with one attached hydrogen (secondary N) is 1. The molecule has 0 aliphatic rings. The Morgan fingerprint density at radius 2 is 0.725 bits per heavy atom. The van der Waals surface area contributed by atoms with Crippen molar-refractivity contribution < 1.29 is 24.5 Å². The zero-order valence-corrected chi connectivity index (χ0v) is 46.3. The number of aliphatic hydroxyl groups is 2. The number of ether oxygens (including phenoxy) is 1. The average Bonchev–Trinajstić information content (AvgIpc) is 3.35. The first kappa shape index (κ1) is 67.1. The van der Waals surface area contributed by atoms with E-state index >= 15 is 0 Å². The summed E-state index contributed by atoms with van der Waals surface area (Å²) in [6.07, 6.45) is 73.1. The van der Waals surface area contributed by atoms with Crippen molar-refractivity contribution in [3.05, 3.63) is 36.5 Å². The number of carbonyl (C=O) groups is 2. The molecule has 0 aromatic carbocycles. The Balaban J connectivity index is 3.45. The lowest BCUT2D eigenvalue weighted by atomic mass is 10.0. The van der Waals surface area contributed by atoms with Crippen molar-refractivity contribution in [3.8, 4) is 0 Å². The maximum atomic E-state index is 12.5. The minimum absolute atomic E-state index is 0.00533. The normalized spacial score (nSPS) is 12.8. The zero-order valence-electron chi connectivity index (χ0n) is 46.3. The van der Waals surface area contributed by atoms with Gasteiger partial charge in [-0.15, -0.1) is 0 Å². The van der Waals surface area contributed by atoms with Gasteiger partial charge in [0.15, 0.2) is 0 Å². The van der Waals surface area contributed by atoms with E-state index in [1.807, 2.05) is 6.08 Å². The van der Waals surface area contributed by atoms with Crippen LogP contribution in [0.15, 0.2) is 36.5 Å². The van der Waals surface area contributed by atoms with E-state index in [0.717, 1.165) is 57.8 Å². The number of aliphatic hydroxyl groups excluding tert-OH is 2. The number of carbonyl (C=O) groups excluding carboxylic acids is 2. The van der Waals surface area contributed by atoms with Gasteiger partial charge in [-0.3, -0.25) is 9.59 Å². The fourth-order valence-electron chi connectivity index (χ4n) is 9.43. The summed E-state index contributed by atoms with van der Waals surface area (Å²) in [5.41, 5.74) is 0. The molecule has 0 aliphatic carbocycles. The van der Waals surface area contributed by atoms with E-state index in [1.54, 1.807) is 6.08 Å². The molecule has 2 unspecified atom stereocenters. The van der Waals surface area contributed by atoms with Gasteiger partial charge in [-0.25, -0.2) is 0 Å². The van der Waals surface area contributed by atoms with Crippen LogP contribution in [0.25, 0.3) is 0 Å². The first-order valence-electron chi connectivity index (χ1n) is 30.8. The molecule has 3 N–H and O–H groups in total. The van der Waals surface area contributed by atoms with E-state index in [9.17, 15) is 19.8 Å². The lowest BCUT2D eigenvalue weighted by molar-refractivity contribution is -0.143. The number of esters is 1. The predicted octanol–water partition coefficient (Wildman–Crippen LogP) is 19.2. The van der Waals surface area contributed by atoms with Crippen LogP contribution >= 0.6 is 0 Å². The van der Waals surface area contributed by atoms with E-state index < -0.39 is 12.1 Å². The van der Waals surface area contributed by atoms with Crippen LogP contribution in [0, 0.1) is 0 Å². The van der Waals surface area contributed by atoms with Crippen LogP contribution in [0.1, 0.15) is 328 Å². The fraction of sp³-hybridized carbons (Fsp3) is 0.873. The Labute approximate surface area is 430 Å². The summed E-state index contributed by atoms with van der Waals surface area (Å²) in [7, 11) is 0. The van der Waals surface area contributed by atoms with Gasteiger partial charge in [0.05, 0.1) is 25.4 Å². The van der Waals surface area contributed by atoms with Gasteiger partial charge in [0.25, 0.3) is 0 Å². The van der Waals surface area contributed by atoms with Gasteiger partial charge < -0.3 is 20.3 Å². The van der Waals surface area contributed by atoms with Crippen LogP contribution < -0.4 is 5.32 Å². The van der Waals surface area contributed by atoms with Gasteiger partial charge in [-0.2, -0.15) is 0 Å². The number of hydrogen-bond donors (Lipinski definition) is 3. The molecule has 0 radical (unpaired) electrons. The zero-order chi connectivity index (χ0) is 50.0. The van der Waals surface area contributed by atoms with Crippen molar-refractivity contribution in [3.63, 3.8) is 0 Å². The van der Waals surface area contributed by atoms with Crippen molar-refractivity contribution in [2.75, 3.05) is 13.2 Å². The average molecular weight is 971 g/mol. The van der Waals surface area contributed by atoms with Gasteiger partial charge in [0, 0.05) is 12.8 Å². The lowest BCUT2D eigenvalue weighted by Gasteiger charge is -2.20. The summed E-state index contributed by atoms with van der Waals surface area (Å²) in [5.74, 6) is -0.0782. The van der Waals surface area contributed by atoms with Crippen LogP contribution in [-0.4, -0.2) is 47.4 Å². The van der Waals surface area contributed by atoms with Crippen LogP contribution in [-0.2, 0) is 14.3 Å². The molecule has 6 nitrogen and oxygen atoms in total. The molecule has 2 atom stereocenters. The van der Waals surface area contributed by atoms with Crippen LogP contribution in [0.3, 0.4) is 0 Å². The Morgan fingerprint density at radius 1 is 0.406 bits per heavy atom. The third-order valence-electron chi connectivity index (χ3n) is 14.2. The molecule has 0 aliphatic heterocycles. The predicted molar refractivity (Wildman–Crippen MR) is 301 cm³/mol. The number of allylic oxidation sites excluding steroid dienone is 5. The number of unbranched alkanes of at least 4 members (excludes halogenated alkanes) is 42. The maximum Gasteiger partial charge on any atom is 0.305 e. The molecule has 0 rings (SSSR count). The fourth-order valence-corrected chi connectivity index (χ4v) is 9.43. The van der Waals surface area contributed by atoms with E-state index in [4.69, 9.17) is 4.74 Å². The minimum Gasteiger partial charge on any atom is -0.466 e. The second-order valence-corrected chi connectivity index (χ2v) is 21.0. The monoisotopic (exact) mass is 970 g/mol. The molecule has 0 spiro atoms. The number of hydrogen-bond acceptors (Lipinski definition) is 5. The molecule has 0 aromatic rings. The van der Waals surface area contributed by atoms with Crippen molar-refractivity contribution >= 4 is 11.9 Å². The topological polar surface area (TPSA) is 95.9 Å². The van der Waals surface area contributed by atoms with Gasteiger partial charge in [0.1, 0.15) is 0 Å². The molecule has 1 amide bonds. The first-order valence-corrected chi connectivity index (χ1v) is 30.8. The van der Waals surface area contributed by atoms with Crippen LogP contribution in [0.2, 0.25) is 0 Å². The second-order valence-electron chi connectivity index (χ2n) is 21.0. The molecule has 0 saturated carbocycles. The Bertz CT molecular complexity index is 1120. The van der Waals surface area contributed by atoms with Gasteiger partial charge >= 0.3 is 5.97 Å². The third-order valence-corrected chi connectivity index (χ3v) is 14.2. The lowest BCUT2D eigenvalue weighted by Crippen LogP contribution is -2.45. The molecule has 69 heavy (non-hydrogen) atoms. The SMILES string of the molecule is CCCCC/C=C\C/C=C\CCCCCCCCCC(=O)OCCCCCCCCCCCCCCCCCCC(=O)NC(CO)C(O)/C=C/CCCCCCCCCCCCCCCCCCC. The van der Waals surface area contributed by atoms with Crippen molar-refractivity contribution in [2.45, 2.75) is 341 Å². The quantitative estimate of drug-likeness (QED) is 0.0321. The summed E-state index contributed by atoms with van der Waals surface area (Å²) < 4.78 is 5.48. The summed E-state index contributed by atoms with van der Waals surface area (Å²) in [6, 6.07) is -0.634. The second kappa shape index (κ2) is 58.6. The van der Waals surface area contributed by atoms with E-state index in [1.165, 1.54) is 244 Å². The third kappa shape index (κ3) is 55.2. The summed E-state index contributed by atoms with van der Waals surface area (Å²) in [6.45, 7) is 4.88. The highest BCUT2D eigenvalue weighted by Crippen LogP contribution is 2.17. The van der Waals surface area contributed by atoms with Gasteiger partial charge in [-0.05, 0) is 64.2 Å². The molecule has 0 saturated heterocycles. The largest absolute Gasteiger partial charge is 0.466 e. The standard InChI is InChI=1S/C63H119NO5/c1-3-5-7-9-11-13-15-17-19-21-22-24-27-31-35-39-43-47-51-55-61(66)60(59-65)64-62(67)56-52-48-44-40-36-32-28-25-26-30-34-38-42-46-50-54-58-69-63(68)57-53-49-45-41-37-33-29-23-20-18-16-14-12-10-8-6-4-2/h12,14,18,20,51,55,60-61,65-66H,3-11,13,15-17,19,21-50,52-54,56-59H2,1-2H3,(H,64,67)/b14-12-,20-18-,55-51+. The molecule has 406 valence electrons. The Hall–Kier alpha value is -1.92. The van der Waals surface area contributed by atoms with Crippen LogP contribution in [0.4, 0.5) is 0 Å². The van der Waals surface area contributed by atoms with Gasteiger partial charge in [-0.1, -0.05) is 288 Å². The molecule has 6 heteroatoms. The molecule has 0 fully saturated rings. The van der Waals surface area contributed by atoms with E-state index in [0.29, 0.717) is 19.4 Å². The number of rotatable bonds is 57. The smallest absolute Gasteiger partial charge is 0.305 e. The van der Waals surface area contributed by atoms with Crippen molar-refractivity contribution in [1.29, 1.82) is 0 Å². The molecular weight excluding hydrogens is 851 g/mol. The molecule has 0 bridgehead atoms. The first-order chi connectivity index (χ1) is 34.0. The van der Waals surface area contributed by atoms with Gasteiger partial charge in [0.2, 0.25) is 5.91 Å². The highest BCUT2D eigenvalue weighted by atomic mass is 16.5. The number of amides is 1. The minimum atomic E-state index is -0.850. The molecular formula is C63H119NO5. The Morgan fingerprint density at radius 3 is 1.13 bits per heavy atom. The van der Waals surface area contributed by atoms with E-state index in [-0.39, 0.29) is 18.5 Å². The molecule has 0 heterocycles. The maximum absolute atomic E-state index is 12.5.